The molecule has 0 aliphatic carbocycles. The van der Waals surface area contributed by atoms with Crippen molar-refractivity contribution < 1.29 is 14.4 Å². The van der Waals surface area contributed by atoms with Gasteiger partial charge in [-0.05, 0) is 30.0 Å². The van der Waals surface area contributed by atoms with E-state index in [4.69, 9.17) is 4.84 Å². The van der Waals surface area contributed by atoms with Crippen molar-refractivity contribution in [2.45, 2.75) is 31.9 Å². The molecule has 130 valence electrons. The number of hydrogen-bond acceptors (Lipinski definition) is 5. The van der Waals surface area contributed by atoms with Gasteiger partial charge in [0.1, 0.15) is 12.0 Å². The van der Waals surface area contributed by atoms with Crippen molar-refractivity contribution in [2.75, 3.05) is 11.6 Å². The molecule has 2 aliphatic rings. The molecule has 25 heavy (non-hydrogen) atoms. The highest BCUT2D eigenvalue weighted by Gasteiger charge is 2.59. The minimum absolute atomic E-state index is 0.111. The summed E-state index contributed by atoms with van der Waals surface area (Å²) in [6.07, 6.45) is 1.04. The Labute approximate surface area is 150 Å². The number of rotatable bonds is 5. The third-order valence-corrected chi connectivity index (χ3v) is 5.73. The Balaban J connectivity index is 1.71. The van der Waals surface area contributed by atoms with Crippen molar-refractivity contribution in [3.05, 3.63) is 52.7 Å². The van der Waals surface area contributed by atoms with Crippen molar-refractivity contribution >= 4 is 28.8 Å². The van der Waals surface area contributed by atoms with Gasteiger partial charge < -0.3 is 0 Å². The zero-order valence-corrected chi connectivity index (χ0v) is 14.8. The summed E-state index contributed by atoms with van der Waals surface area (Å²) in [4.78, 5) is 34.2. The first-order valence-corrected chi connectivity index (χ1v) is 9.50. The highest BCUT2D eigenvalue weighted by atomic mass is 32.1. The summed E-state index contributed by atoms with van der Waals surface area (Å²) >= 11 is 1.59. The number of carbonyl (C=O) groups is 2. The first-order chi connectivity index (χ1) is 12.2. The predicted molar refractivity (Wildman–Crippen MR) is 96.0 cm³/mol. The van der Waals surface area contributed by atoms with E-state index >= 15 is 0 Å². The fourth-order valence-electron chi connectivity index (χ4n) is 3.56. The minimum atomic E-state index is -0.725. The van der Waals surface area contributed by atoms with Crippen LogP contribution >= 0.6 is 11.3 Å². The smallest absolute Gasteiger partial charge is 0.261 e. The van der Waals surface area contributed by atoms with Crippen molar-refractivity contribution in [1.29, 1.82) is 0 Å². The van der Waals surface area contributed by atoms with Crippen LogP contribution in [0.3, 0.4) is 0 Å². The molecule has 0 unspecified atom stereocenters. The lowest BCUT2D eigenvalue weighted by molar-refractivity contribution is -0.143. The van der Waals surface area contributed by atoms with Gasteiger partial charge in [-0.25, -0.2) is 5.06 Å². The maximum atomic E-state index is 13.0. The molecule has 4 rings (SSSR count). The van der Waals surface area contributed by atoms with E-state index in [1.165, 1.54) is 4.90 Å². The van der Waals surface area contributed by atoms with Gasteiger partial charge in [0.25, 0.3) is 5.91 Å². The predicted octanol–water partition coefficient (Wildman–Crippen LogP) is 3.39. The third-order valence-electron chi connectivity index (χ3n) is 4.79. The Hall–Kier alpha value is -2.18. The number of imide groups is 1. The number of thiophene rings is 1. The van der Waals surface area contributed by atoms with Crippen LogP contribution in [0, 0.1) is 5.92 Å². The van der Waals surface area contributed by atoms with Gasteiger partial charge in [0.15, 0.2) is 6.10 Å². The highest BCUT2D eigenvalue weighted by molar-refractivity contribution is 7.10. The summed E-state index contributed by atoms with van der Waals surface area (Å²) in [5.41, 5.74) is 0.857. The average molecular weight is 356 g/mol. The Bertz CT molecular complexity index is 762. The number of benzene rings is 1. The summed E-state index contributed by atoms with van der Waals surface area (Å²) in [7, 11) is 0. The lowest BCUT2D eigenvalue weighted by atomic mass is 9.95. The van der Waals surface area contributed by atoms with E-state index in [0.29, 0.717) is 6.54 Å². The fourth-order valence-corrected chi connectivity index (χ4v) is 4.41. The zero-order chi connectivity index (χ0) is 17.4. The summed E-state index contributed by atoms with van der Waals surface area (Å²) < 4.78 is 0. The lowest BCUT2D eigenvalue weighted by Crippen LogP contribution is -2.37. The van der Waals surface area contributed by atoms with Crippen LogP contribution < -0.4 is 5.06 Å². The van der Waals surface area contributed by atoms with E-state index in [2.05, 4.69) is 0 Å². The topological polar surface area (TPSA) is 49.9 Å². The number of unbranched alkanes of at least 4 members (excludes halogenated alkanes) is 1. The molecule has 2 amide bonds. The van der Waals surface area contributed by atoms with E-state index in [-0.39, 0.29) is 17.9 Å². The molecule has 3 heterocycles. The van der Waals surface area contributed by atoms with Gasteiger partial charge in [0.2, 0.25) is 5.91 Å². The number of fused-ring (bicyclic) bond motifs is 1. The van der Waals surface area contributed by atoms with Crippen LogP contribution in [0.1, 0.15) is 30.7 Å². The second-order valence-electron chi connectivity index (χ2n) is 6.36. The van der Waals surface area contributed by atoms with Crippen LogP contribution in [0.25, 0.3) is 0 Å². The number of amides is 2. The summed E-state index contributed by atoms with van der Waals surface area (Å²) in [5, 5.41) is 3.73. The monoisotopic (exact) mass is 356 g/mol. The molecule has 5 nitrogen and oxygen atoms in total. The number of nitrogens with zero attached hydrogens (tertiary/aromatic N) is 2. The number of hydrogen-bond donors (Lipinski definition) is 0. The van der Waals surface area contributed by atoms with Crippen LogP contribution in [-0.4, -0.2) is 29.4 Å². The van der Waals surface area contributed by atoms with Crippen LogP contribution in [0.4, 0.5) is 5.69 Å². The van der Waals surface area contributed by atoms with Crippen LogP contribution in [-0.2, 0) is 14.4 Å². The van der Waals surface area contributed by atoms with Gasteiger partial charge in [-0.1, -0.05) is 37.6 Å². The van der Waals surface area contributed by atoms with Crippen molar-refractivity contribution in [2.24, 2.45) is 5.92 Å². The molecule has 3 atom stereocenters. The molecule has 2 aliphatic heterocycles. The number of anilines is 1. The standard InChI is InChI=1S/C19H20N2O3S/c1-2-3-11-20-18(22)15-16(14-10-7-12-25-14)21(24-17(15)19(20)23)13-8-5-4-6-9-13/h4-10,12,15-17H,2-3,11H2,1H3/t15-,16+,17+/m0/s1. The van der Waals surface area contributed by atoms with Gasteiger partial charge in [-0.3, -0.25) is 19.3 Å². The van der Waals surface area contributed by atoms with Gasteiger partial charge in [0.05, 0.1) is 5.69 Å². The highest BCUT2D eigenvalue weighted by Crippen LogP contribution is 2.47. The number of likely N-dealkylation sites (tertiary alicyclic amines) is 1. The largest absolute Gasteiger partial charge is 0.280 e. The molecule has 0 radical (unpaired) electrons. The maximum absolute atomic E-state index is 13.0. The molecular formula is C19H20N2O3S. The quantitative estimate of drug-likeness (QED) is 0.771. The summed E-state index contributed by atoms with van der Waals surface area (Å²) in [6.45, 7) is 2.53. The molecule has 2 saturated heterocycles. The van der Waals surface area contributed by atoms with E-state index < -0.39 is 12.0 Å². The van der Waals surface area contributed by atoms with Crippen LogP contribution in [0.15, 0.2) is 47.8 Å². The zero-order valence-electron chi connectivity index (χ0n) is 14.0. The third kappa shape index (κ3) is 2.65. The lowest BCUT2D eigenvalue weighted by Gasteiger charge is -2.27. The number of para-hydroxylation sites is 1. The molecule has 0 saturated carbocycles. The summed E-state index contributed by atoms with van der Waals surface area (Å²) in [5.74, 6) is -0.799. The molecule has 2 aromatic rings. The molecule has 2 fully saturated rings. The van der Waals surface area contributed by atoms with Crippen molar-refractivity contribution in [3.8, 4) is 0 Å². The van der Waals surface area contributed by atoms with Gasteiger partial charge in [-0.2, -0.15) is 0 Å². The Morgan fingerprint density at radius 3 is 2.56 bits per heavy atom. The number of hydroxylamine groups is 1. The molecule has 0 N–H and O–H groups in total. The van der Waals surface area contributed by atoms with Gasteiger partial charge in [0, 0.05) is 11.4 Å². The van der Waals surface area contributed by atoms with Crippen molar-refractivity contribution in [3.63, 3.8) is 0 Å². The molecular weight excluding hydrogens is 336 g/mol. The molecule has 1 aromatic heterocycles. The first kappa shape index (κ1) is 16.3. The average Bonchev–Trinajstić information content (AvgIpc) is 3.33. The van der Waals surface area contributed by atoms with Crippen LogP contribution in [0.2, 0.25) is 0 Å². The maximum Gasteiger partial charge on any atom is 0.261 e. The second-order valence-corrected chi connectivity index (χ2v) is 7.33. The second kappa shape index (κ2) is 6.61. The van der Waals surface area contributed by atoms with Crippen molar-refractivity contribution in [1.82, 2.24) is 4.90 Å². The normalized spacial score (nSPS) is 25.7. The van der Waals surface area contributed by atoms with E-state index in [1.807, 2.05) is 54.8 Å². The van der Waals surface area contributed by atoms with Gasteiger partial charge >= 0.3 is 0 Å². The minimum Gasteiger partial charge on any atom is -0.280 e. The first-order valence-electron chi connectivity index (χ1n) is 8.62. The van der Waals surface area contributed by atoms with E-state index in [9.17, 15) is 9.59 Å². The fraction of sp³-hybridized carbons (Fsp3) is 0.368. The molecule has 0 bridgehead atoms. The Kier molecular flexibility index (Phi) is 4.31. The molecule has 0 spiro atoms. The Morgan fingerprint density at radius 1 is 1.08 bits per heavy atom. The summed E-state index contributed by atoms with van der Waals surface area (Å²) in [6, 6.07) is 13.4. The van der Waals surface area contributed by atoms with E-state index in [1.54, 1.807) is 16.4 Å². The SMILES string of the molecule is CCCCN1C(=O)[C@H]2[C@@H](c3cccs3)N(c3ccccc3)O[C@H]2C1=O. The Morgan fingerprint density at radius 2 is 1.88 bits per heavy atom. The van der Waals surface area contributed by atoms with Crippen LogP contribution in [0.5, 0.6) is 0 Å². The van der Waals surface area contributed by atoms with E-state index in [0.717, 1.165) is 23.4 Å². The number of carbonyl (C=O) groups excluding carboxylic acids is 2. The molecule has 6 heteroatoms. The van der Waals surface area contributed by atoms with Gasteiger partial charge in [-0.15, -0.1) is 11.3 Å². The molecule has 1 aromatic carbocycles.